The van der Waals surface area contributed by atoms with E-state index in [-0.39, 0.29) is 22.2 Å². The minimum atomic E-state index is -0.156. The van der Waals surface area contributed by atoms with Crippen LogP contribution in [0.25, 0.3) is 196 Å². The fourth-order valence-electron chi connectivity index (χ4n) is 21.1. The molecule has 0 aliphatic rings. The van der Waals surface area contributed by atoms with Gasteiger partial charge in [0.2, 0.25) is 0 Å². The molecule has 0 atom stereocenters. The Bertz CT molecular complexity index is 8180. The van der Waals surface area contributed by atoms with E-state index in [0.29, 0.717) is 67.1 Å². The number of hydrogen-bond acceptors (Lipinski definition) is 10. The van der Waals surface area contributed by atoms with Crippen LogP contribution >= 0.6 is 31.9 Å². The molecule has 0 N–H and O–H groups in total. The van der Waals surface area contributed by atoms with E-state index < -0.39 is 0 Å². The number of para-hydroxylation sites is 8. The molecule has 0 aliphatic heterocycles. The molecule has 0 saturated carbocycles. The van der Waals surface area contributed by atoms with Crippen molar-refractivity contribution in [2.75, 3.05) is 0 Å². The molecule has 16 heteroatoms. The number of halogens is 2. The first kappa shape index (κ1) is 76.2. The maximum atomic E-state index is 15.3. The molecule has 0 fully saturated rings. The van der Waals surface area contributed by atoms with Crippen LogP contribution in [0.3, 0.4) is 0 Å². The SMILES string of the molecule is CCCCCCCCCCCCc1ccc(Oc2cc3c(=O)n4c5ccccc5nc4c4ccc5c6c(Oc7ccc(CCCCCCCCCCCC)cc7)cc7c(=O)n8c9ccccc9nc8c8ccc(c2c5c34)c6c78)cc1.O=c1c2cc(Br)c3c4ccc5c6c(cc(Br)c(c7ccc(c2c73)c2nc3ccccc3n12)c46)c(=O)n1c2ccccc2nc51. The maximum absolute atomic E-state index is 15.3. The largest absolute Gasteiger partial charge is 0.457 e. The predicted octanol–water partition coefficient (Wildman–Crippen LogP) is 28.5. The summed E-state index contributed by atoms with van der Waals surface area (Å²) in [6.07, 6.45) is 28.2. The van der Waals surface area contributed by atoms with Gasteiger partial charge in [0.05, 0.1) is 65.7 Å². The first-order valence-corrected chi connectivity index (χ1v) is 46.1. The Morgan fingerprint density at radius 3 is 0.798 bits per heavy atom. The number of rotatable bonds is 26. The van der Waals surface area contributed by atoms with Crippen LogP contribution in [0.2, 0.25) is 0 Å². The number of benzene rings is 16. The predicted molar refractivity (Wildman–Crippen MR) is 520 cm³/mol. The average molecular weight is 1750 g/mol. The van der Waals surface area contributed by atoms with Gasteiger partial charge < -0.3 is 9.47 Å². The van der Waals surface area contributed by atoms with Gasteiger partial charge in [-0.2, -0.15) is 0 Å². The third-order valence-electron chi connectivity index (χ3n) is 26.9. The number of pyridine rings is 4. The van der Waals surface area contributed by atoms with Gasteiger partial charge >= 0.3 is 0 Å². The minimum Gasteiger partial charge on any atom is -0.457 e. The lowest BCUT2D eigenvalue weighted by molar-refractivity contribution is 0.488. The lowest BCUT2D eigenvalue weighted by Crippen LogP contribution is -2.14. The normalized spacial score (nSPS) is 12.5. The first-order valence-electron chi connectivity index (χ1n) is 44.5. The standard InChI is InChI=1S/C72H72N4O4.C36H14Br2N4O2/c1-3-5-7-9-11-13-15-17-19-21-27-47-33-37-49(38-34-47)79-61-45-55-63-53(69-73-57-29-23-25-31-59(57)75(69)71(55)77)44-42-52-66-62(80-50-39-35-48(36-40-50)28-22-20-18-16-14-12-10-8-6-4-2)46-56-64-54(43-41-51(68(64)66)65(61)67(52)63)70-74-58-30-24-26-32-60(58)76(70)72(56)78;37-21-13-19-27-17(33-39-23-5-1-3-7-25(23)41(33)35(19)43)11-9-15-30-22(38)14-20-28-18(12-10-16(32(28)30)29(21)31(15)27)34-40-24-6-2-4-8-26(24)42(34)36(20)44/h23-26,29-46H,3-22,27-28H2,1-2H3;1-14H. The van der Waals surface area contributed by atoms with Gasteiger partial charge in [-0.25, -0.2) is 19.9 Å². The van der Waals surface area contributed by atoms with Crippen LogP contribution in [-0.2, 0) is 12.8 Å². The Kier molecular flexibility index (Phi) is 18.8. The van der Waals surface area contributed by atoms with Crippen LogP contribution in [0.15, 0.2) is 247 Å². The second-order valence-electron chi connectivity index (χ2n) is 34.4. The minimum absolute atomic E-state index is 0.0924. The number of ether oxygens (including phenoxy) is 2. The Morgan fingerprint density at radius 2 is 0.500 bits per heavy atom. The van der Waals surface area contributed by atoms with Crippen molar-refractivity contribution >= 4 is 228 Å². The van der Waals surface area contributed by atoms with E-state index in [2.05, 4.69) is 143 Å². The van der Waals surface area contributed by atoms with Crippen molar-refractivity contribution in [1.82, 2.24) is 37.5 Å². The van der Waals surface area contributed by atoms with Crippen molar-refractivity contribution in [2.24, 2.45) is 0 Å². The van der Waals surface area contributed by atoms with Gasteiger partial charge in [-0.05, 0) is 180 Å². The average Bonchev–Trinajstić information content (AvgIpc) is 1.12. The third kappa shape index (κ3) is 12.0. The van der Waals surface area contributed by atoms with Crippen LogP contribution < -0.4 is 31.7 Å². The quantitative estimate of drug-likeness (QED) is 0.0290. The van der Waals surface area contributed by atoms with Gasteiger partial charge in [0.15, 0.2) is 0 Å². The molecule has 8 heterocycles. The van der Waals surface area contributed by atoms with Crippen LogP contribution in [0.4, 0.5) is 0 Å². The van der Waals surface area contributed by atoms with Gasteiger partial charge in [-0.1, -0.05) is 258 Å². The van der Waals surface area contributed by atoms with E-state index in [9.17, 15) is 9.59 Å². The molecule has 0 spiro atoms. The fraction of sp³-hybridized carbons (Fsp3) is 0.222. The number of aryl methyl sites for hydroxylation is 2. The Balaban J connectivity index is 0.000000168. The van der Waals surface area contributed by atoms with Gasteiger partial charge in [0, 0.05) is 95.1 Å². The summed E-state index contributed by atoms with van der Waals surface area (Å²) in [5.74, 6) is 2.51. The third-order valence-corrected chi connectivity index (χ3v) is 28.2. The topological polar surface area (TPSA) is 156 Å². The van der Waals surface area contributed by atoms with Crippen molar-refractivity contribution < 1.29 is 9.47 Å². The molecular formula is C108H86Br2N8O6. The van der Waals surface area contributed by atoms with Crippen molar-refractivity contribution in [3.8, 4) is 23.0 Å². The number of nitrogens with zero attached hydrogens (tertiary/aromatic N) is 8. The molecule has 0 radical (unpaired) electrons. The van der Waals surface area contributed by atoms with E-state index in [1.165, 1.54) is 127 Å². The molecule has 0 saturated heterocycles. The lowest BCUT2D eigenvalue weighted by Gasteiger charge is -2.22. The van der Waals surface area contributed by atoms with Crippen molar-refractivity contribution in [3.05, 3.63) is 280 Å². The van der Waals surface area contributed by atoms with Gasteiger partial charge in [0.25, 0.3) is 22.2 Å². The second kappa shape index (κ2) is 30.6. The second-order valence-corrected chi connectivity index (χ2v) is 36.1. The summed E-state index contributed by atoms with van der Waals surface area (Å²) >= 11 is 7.77. The van der Waals surface area contributed by atoms with Crippen LogP contribution in [-0.4, -0.2) is 37.5 Å². The highest BCUT2D eigenvalue weighted by atomic mass is 79.9. The summed E-state index contributed by atoms with van der Waals surface area (Å²) in [7, 11) is 0. The summed E-state index contributed by atoms with van der Waals surface area (Å²) in [4.78, 5) is 79.0. The van der Waals surface area contributed by atoms with E-state index in [1.807, 2.05) is 121 Å². The monoisotopic (exact) mass is 1750 g/mol. The number of imidazole rings is 4. The number of hydrogen-bond donors (Lipinski definition) is 0. The van der Waals surface area contributed by atoms with Crippen molar-refractivity contribution in [1.29, 1.82) is 0 Å². The smallest absolute Gasteiger partial charge is 0.264 e. The summed E-state index contributed by atoms with van der Waals surface area (Å²) in [5, 5.41) is 20.7. The molecule has 24 aromatic rings. The molecule has 8 aromatic heterocycles. The molecule has 0 aliphatic carbocycles. The Morgan fingerprint density at radius 1 is 0.250 bits per heavy atom. The molecule has 608 valence electrons. The van der Waals surface area contributed by atoms with E-state index in [4.69, 9.17) is 29.4 Å². The van der Waals surface area contributed by atoms with Crippen LogP contribution in [0.5, 0.6) is 23.0 Å². The molecule has 24 rings (SSSR count). The van der Waals surface area contributed by atoms with Crippen LogP contribution in [0, 0.1) is 0 Å². The van der Waals surface area contributed by atoms with Crippen molar-refractivity contribution in [3.63, 3.8) is 0 Å². The van der Waals surface area contributed by atoms with Crippen molar-refractivity contribution in [2.45, 2.75) is 155 Å². The zero-order valence-corrected chi connectivity index (χ0v) is 72.3. The summed E-state index contributed by atoms with van der Waals surface area (Å²) in [6, 6.07) is 73.0. The molecule has 14 nitrogen and oxygen atoms in total. The highest BCUT2D eigenvalue weighted by molar-refractivity contribution is 9.11. The van der Waals surface area contributed by atoms with E-state index in [1.54, 1.807) is 17.6 Å². The number of unbranched alkanes of at least 4 members (excludes halogenated alkanes) is 18. The highest BCUT2D eigenvalue weighted by Gasteiger charge is 2.31. The molecule has 0 amide bonds. The number of fused-ring (bicyclic) bond motifs is 20. The number of aromatic nitrogens is 8. The molecular weight excluding hydrogens is 1670 g/mol. The zero-order valence-electron chi connectivity index (χ0n) is 69.1. The molecule has 16 aromatic carbocycles. The summed E-state index contributed by atoms with van der Waals surface area (Å²) in [6.45, 7) is 4.56. The zero-order chi connectivity index (χ0) is 83.3. The fourth-order valence-corrected chi connectivity index (χ4v) is 22.4. The molecule has 0 bridgehead atoms. The molecule has 124 heavy (non-hydrogen) atoms. The Hall–Kier alpha value is -12.8. The first-order chi connectivity index (χ1) is 61.0. The summed E-state index contributed by atoms with van der Waals surface area (Å²) in [5.41, 5.74) is 10.8. The van der Waals surface area contributed by atoms with Gasteiger partial charge in [-0.15, -0.1) is 0 Å². The summed E-state index contributed by atoms with van der Waals surface area (Å²) < 4.78 is 22.9. The van der Waals surface area contributed by atoms with Gasteiger partial charge in [0.1, 0.15) is 45.6 Å². The van der Waals surface area contributed by atoms with E-state index in [0.717, 1.165) is 186 Å². The van der Waals surface area contributed by atoms with Crippen LogP contribution in [0.1, 0.15) is 153 Å². The lowest BCUT2D eigenvalue weighted by atomic mass is 9.85. The molecule has 0 unspecified atom stereocenters. The van der Waals surface area contributed by atoms with E-state index >= 15 is 9.59 Å². The maximum Gasteiger partial charge on any atom is 0.264 e. The Labute approximate surface area is 727 Å². The van der Waals surface area contributed by atoms with Gasteiger partial charge in [-0.3, -0.25) is 36.8 Å². The highest BCUT2D eigenvalue weighted by Crippen LogP contribution is 2.55.